The van der Waals surface area contributed by atoms with Crippen LogP contribution in [0.1, 0.15) is 35.5 Å². The molecule has 0 aliphatic heterocycles. The van der Waals surface area contributed by atoms with E-state index in [0.29, 0.717) is 25.1 Å². The number of benzene rings is 2. The molecule has 28 heavy (non-hydrogen) atoms. The van der Waals surface area contributed by atoms with E-state index in [9.17, 15) is 14.7 Å². The van der Waals surface area contributed by atoms with Crippen molar-refractivity contribution in [3.63, 3.8) is 0 Å². The molecule has 1 N–H and O–H groups in total. The third-order valence-corrected chi connectivity index (χ3v) is 4.79. The maximum atomic E-state index is 12.6. The van der Waals surface area contributed by atoms with Gasteiger partial charge in [-0.05, 0) is 36.6 Å². The molecule has 0 saturated carbocycles. The van der Waals surface area contributed by atoms with Gasteiger partial charge in [0.2, 0.25) is 0 Å². The maximum Gasteiger partial charge on any atom is 0.336 e. The number of aromatic nitrogens is 2. The van der Waals surface area contributed by atoms with Crippen molar-refractivity contribution in [3.8, 4) is 11.1 Å². The first-order chi connectivity index (χ1) is 13.5. The molecule has 0 aliphatic rings. The number of allylic oxidation sites excluding steroid dienone is 2. The van der Waals surface area contributed by atoms with Crippen molar-refractivity contribution in [2.75, 3.05) is 0 Å². The zero-order chi connectivity index (χ0) is 20.1. The Morgan fingerprint density at radius 1 is 1.11 bits per heavy atom. The number of carboxylic acid groups (broad SMARTS) is 1. The van der Waals surface area contributed by atoms with Gasteiger partial charge in [0.05, 0.1) is 12.1 Å². The van der Waals surface area contributed by atoms with E-state index >= 15 is 0 Å². The molecule has 0 bridgehead atoms. The number of hydrogen-bond donors (Lipinski definition) is 1. The second-order valence-electron chi connectivity index (χ2n) is 6.60. The van der Waals surface area contributed by atoms with Gasteiger partial charge in [0, 0.05) is 24.9 Å². The van der Waals surface area contributed by atoms with Gasteiger partial charge < -0.3 is 5.11 Å². The second kappa shape index (κ2) is 8.57. The minimum absolute atomic E-state index is 0.0118. The van der Waals surface area contributed by atoms with E-state index in [1.54, 1.807) is 27.3 Å². The van der Waals surface area contributed by atoms with Gasteiger partial charge in [-0.25, -0.2) is 9.59 Å². The van der Waals surface area contributed by atoms with E-state index in [1.165, 1.54) is 0 Å². The molecule has 1 aromatic heterocycles. The fourth-order valence-electron chi connectivity index (χ4n) is 3.27. The molecule has 0 atom stereocenters. The lowest BCUT2D eigenvalue weighted by Crippen LogP contribution is -2.25. The van der Waals surface area contributed by atoms with Crippen LogP contribution in [0.3, 0.4) is 0 Å². The summed E-state index contributed by atoms with van der Waals surface area (Å²) in [4.78, 5) is 24.1. The van der Waals surface area contributed by atoms with Gasteiger partial charge in [-0.3, -0.25) is 9.13 Å². The normalized spacial score (nSPS) is 11.2. The standard InChI is InChI=1S/C23H24N2O3/c1-3-5-8-19-16-24(4-2)23(28)25(19)15-17-11-13-18(14-12-17)20-9-6-7-10-21(20)22(26)27/h3,5-7,9-14,16H,4,8,15H2,1-2H3,(H,26,27)/b5-3+. The molecule has 144 valence electrons. The smallest absolute Gasteiger partial charge is 0.336 e. The summed E-state index contributed by atoms with van der Waals surface area (Å²) in [5.41, 5.74) is 3.76. The fourth-order valence-corrected chi connectivity index (χ4v) is 3.27. The SMILES string of the molecule is C/C=C/Cc1cn(CC)c(=O)n1Cc1ccc(-c2ccccc2C(=O)O)cc1. The predicted molar refractivity (Wildman–Crippen MR) is 111 cm³/mol. The van der Waals surface area contributed by atoms with Gasteiger partial charge >= 0.3 is 11.7 Å². The van der Waals surface area contributed by atoms with Crippen molar-refractivity contribution in [3.05, 3.63) is 94.2 Å². The molecule has 0 spiro atoms. The first kappa shape index (κ1) is 19.4. The van der Waals surface area contributed by atoms with Crippen LogP contribution >= 0.6 is 0 Å². The van der Waals surface area contributed by atoms with Gasteiger partial charge in [-0.2, -0.15) is 0 Å². The number of rotatable bonds is 7. The summed E-state index contributed by atoms with van der Waals surface area (Å²) in [5, 5.41) is 9.39. The molecule has 0 amide bonds. The summed E-state index contributed by atoms with van der Waals surface area (Å²) in [6.07, 6.45) is 6.65. The van der Waals surface area contributed by atoms with Gasteiger partial charge in [0.25, 0.3) is 0 Å². The molecular weight excluding hydrogens is 352 g/mol. The number of aryl methyl sites for hydroxylation is 1. The number of carboxylic acids is 1. The molecule has 0 unspecified atom stereocenters. The Morgan fingerprint density at radius 3 is 2.46 bits per heavy atom. The zero-order valence-electron chi connectivity index (χ0n) is 16.1. The topological polar surface area (TPSA) is 64.2 Å². The third kappa shape index (κ3) is 3.98. The van der Waals surface area contributed by atoms with Crippen molar-refractivity contribution in [2.45, 2.75) is 33.4 Å². The maximum absolute atomic E-state index is 12.6. The van der Waals surface area contributed by atoms with Crippen LogP contribution < -0.4 is 5.69 Å². The molecule has 5 nitrogen and oxygen atoms in total. The highest BCUT2D eigenvalue weighted by atomic mass is 16.4. The van der Waals surface area contributed by atoms with Crippen molar-refractivity contribution in [2.24, 2.45) is 0 Å². The Bertz CT molecular complexity index is 1060. The number of carbonyl (C=O) groups is 1. The van der Waals surface area contributed by atoms with E-state index in [-0.39, 0.29) is 11.3 Å². The lowest BCUT2D eigenvalue weighted by atomic mass is 9.99. The minimum atomic E-state index is -0.944. The van der Waals surface area contributed by atoms with E-state index in [1.807, 2.05) is 62.5 Å². The lowest BCUT2D eigenvalue weighted by molar-refractivity contribution is 0.0697. The number of hydrogen-bond acceptors (Lipinski definition) is 2. The summed E-state index contributed by atoms with van der Waals surface area (Å²) < 4.78 is 3.51. The van der Waals surface area contributed by atoms with E-state index in [0.717, 1.165) is 16.8 Å². The summed E-state index contributed by atoms with van der Waals surface area (Å²) in [5.74, 6) is -0.944. The monoisotopic (exact) mass is 376 g/mol. The summed E-state index contributed by atoms with van der Waals surface area (Å²) >= 11 is 0. The van der Waals surface area contributed by atoms with E-state index in [4.69, 9.17) is 0 Å². The molecule has 5 heteroatoms. The third-order valence-electron chi connectivity index (χ3n) is 4.79. The number of nitrogens with zero attached hydrogens (tertiary/aromatic N) is 2. The highest BCUT2D eigenvalue weighted by Gasteiger charge is 2.12. The first-order valence-corrected chi connectivity index (χ1v) is 9.36. The average molecular weight is 376 g/mol. The van der Waals surface area contributed by atoms with Crippen LogP contribution in [0.4, 0.5) is 0 Å². The van der Waals surface area contributed by atoms with Crippen LogP contribution in [-0.4, -0.2) is 20.2 Å². The Morgan fingerprint density at radius 2 is 1.82 bits per heavy atom. The van der Waals surface area contributed by atoms with Crippen LogP contribution in [0.25, 0.3) is 11.1 Å². The van der Waals surface area contributed by atoms with Gasteiger partial charge in [-0.15, -0.1) is 0 Å². The lowest BCUT2D eigenvalue weighted by Gasteiger charge is -2.09. The van der Waals surface area contributed by atoms with Gasteiger partial charge in [0.15, 0.2) is 0 Å². The van der Waals surface area contributed by atoms with Crippen molar-refractivity contribution in [1.82, 2.24) is 9.13 Å². The largest absolute Gasteiger partial charge is 0.478 e. The molecular formula is C23H24N2O3. The number of imidazole rings is 1. The summed E-state index contributed by atoms with van der Waals surface area (Å²) in [6.45, 7) is 5.05. The molecule has 1 heterocycles. The Balaban J connectivity index is 1.91. The Kier molecular flexibility index (Phi) is 5.94. The minimum Gasteiger partial charge on any atom is -0.478 e. The molecule has 0 fully saturated rings. The highest BCUT2D eigenvalue weighted by Crippen LogP contribution is 2.24. The quantitative estimate of drug-likeness (QED) is 0.629. The highest BCUT2D eigenvalue weighted by molar-refractivity contribution is 5.95. The van der Waals surface area contributed by atoms with Crippen LogP contribution in [0.15, 0.2) is 71.7 Å². The van der Waals surface area contributed by atoms with E-state index < -0.39 is 5.97 Å². The Labute approximate surface area is 164 Å². The molecule has 0 aliphatic carbocycles. The summed E-state index contributed by atoms with van der Waals surface area (Å²) in [7, 11) is 0. The van der Waals surface area contributed by atoms with E-state index in [2.05, 4.69) is 0 Å². The Hall–Kier alpha value is -3.34. The number of aromatic carboxylic acids is 1. The van der Waals surface area contributed by atoms with Gasteiger partial charge in [-0.1, -0.05) is 54.6 Å². The van der Waals surface area contributed by atoms with Crippen LogP contribution in [0, 0.1) is 0 Å². The van der Waals surface area contributed by atoms with Crippen molar-refractivity contribution in [1.29, 1.82) is 0 Å². The van der Waals surface area contributed by atoms with Crippen molar-refractivity contribution >= 4 is 5.97 Å². The predicted octanol–water partition coefficient (Wildman–Crippen LogP) is 4.20. The molecule has 2 aromatic carbocycles. The van der Waals surface area contributed by atoms with Gasteiger partial charge in [0.1, 0.15) is 0 Å². The average Bonchev–Trinajstić information content (AvgIpc) is 3.01. The molecule has 3 aromatic rings. The zero-order valence-corrected chi connectivity index (χ0v) is 16.1. The van der Waals surface area contributed by atoms with Crippen LogP contribution in [0.2, 0.25) is 0 Å². The first-order valence-electron chi connectivity index (χ1n) is 9.36. The molecule has 0 saturated heterocycles. The van der Waals surface area contributed by atoms with Crippen LogP contribution in [-0.2, 0) is 19.5 Å². The van der Waals surface area contributed by atoms with Crippen LogP contribution in [0.5, 0.6) is 0 Å². The molecule has 0 radical (unpaired) electrons. The van der Waals surface area contributed by atoms with Crippen molar-refractivity contribution < 1.29 is 9.90 Å². The summed E-state index contributed by atoms with van der Waals surface area (Å²) in [6, 6.07) is 14.7. The second-order valence-corrected chi connectivity index (χ2v) is 6.60. The fraction of sp³-hybridized carbons (Fsp3) is 0.217. The molecule has 3 rings (SSSR count).